The Bertz CT molecular complexity index is 406. The van der Waals surface area contributed by atoms with Gasteiger partial charge in [0.15, 0.2) is 0 Å². The van der Waals surface area contributed by atoms with Crippen molar-refractivity contribution in [3.63, 3.8) is 0 Å². The average molecular weight is 257 g/mol. The summed E-state index contributed by atoms with van der Waals surface area (Å²) < 4.78 is 5.39. The monoisotopic (exact) mass is 256 g/mol. The lowest BCUT2D eigenvalue weighted by atomic mass is 9.94. The molecular weight excluding hydrogens is 236 g/mol. The lowest BCUT2D eigenvalue weighted by Crippen LogP contribution is -2.19. The molecule has 0 spiro atoms. The van der Waals surface area contributed by atoms with Crippen LogP contribution >= 0.6 is 11.6 Å². The number of halogens is 1. The molecule has 1 aromatic carbocycles. The van der Waals surface area contributed by atoms with Gasteiger partial charge in [-0.2, -0.15) is 0 Å². The summed E-state index contributed by atoms with van der Waals surface area (Å²) in [5, 5.41) is 10.6. The zero-order valence-electron chi connectivity index (χ0n) is 11.2. The third-order valence-corrected chi connectivity index (χ3v) is 3.56. The number of methoxy groups -OCH3 is 1. The Morgan fingerprint density at radius 3 is 2.41 bits per heavy atom. The predicted octanol–water partition coefficient (Wildman–Crippen LogP) is 3.67. The van der Waals surface area contributed by atoms with Crippen molar-refractivity contribution in [3.05, 3.63) is 27.8 Å². The molecular formula is C14H21ClO2. The van der Waals surface area contributed by atoms with Crippen molar-refractivity contribution in [1.82, 2.24) is 0 Å². The third-order valence-electron chi connectivity index (χ3n) is 2.98. The largest absolute Gasteiger partial charge is 0.496 e. The Morgan fingerprint density at radius 2 is 1.94 bits per heavy atom. The summed E-state index contributed by atoms with van der Waals surface area (Å²) >= 11 is 6.24. The van der Waals surface area contributed by atoms with Crippen LogP contribution in [-0.4, -0.2) is 17.8 Å². The molecule has 1 aromatic rings. The summed E-state index contributed by atoms with van der Waals surface area (Å²) in [5.74, 6) is 0.855. The van der Waals surface area contributed by atoms with E-state index in [0.717, 1.165) is 33.9 Å². The number of hydrogen-bond acceptors (Lipinski definition) is 2. The zero-order chi connectivity index (χ0) is 13.2. The summed E-state index contributed by atoms with van der Waals surface area (Å²) in [6.07, 6.45) is 1.45. The maximum Gasteiger partial charge on any atom is 0.122 e. The standard InChI is InChI=1S/C14H21ClO2/c1-9-8-12(17-5)11(10(2)13(9)15)6-7-14(3,4)16/h8,16H,6-7H2,1-5H3. The van der Waals surface area contributed by atoms with Crippen LogP contribution in [0, 0.1) is 13.8 Å². The van der Waals surface area contributed by atoms with E-state index < -0.39 is 5.60 Å². The van der Waals surface area contributed by atoms with Gasteiger partial charge >= 0.3 is 0 Å². The molecule has 1 rings (SSSR count). The van der Waals surface area contributed by atoms with Crippen molar-refractivity contribution in [2.24, 2.45) is 0 Å². The summed E-state index contributed by atoms with van der Waals surface area (Å²) in [6.45, 7) is 7.59. The SMILES string of the molecule is COc1cc(C)c(Cl)c(C)c1CCC(C)(C)O. The Labute approximate surface area is 109 Å². The molecule has 0 aromatic heterocycles. The highest BCUT2D eigenvalue weighted by Crippen LogP contribution is 2.33. The van der Waals surface area contributed by atoms with Crippen LogP contribution in [0.2, 0.25) is 5.02 Å². The highest BCUT2D eigenvalue weighted by Gasteiger charge is 2.17. The fraction of sp³-hybridized carbons (Fsp3) is 0.571. The van der Waals surface area contributed by atoms with Gasteiger partial charge in [-0.1, -0.05) is 11.6 Å². The molecule has 0 saturated heterocycles. The first kappa shape index (κ1) is 14.3. The molecule has 0 heterocycles. The number of hydrogen-bond donors (Lipinski definition) is 1. The van der Waals surface area contributed by atoms with Gasteiger partial charge in [0.1, 0.15) is 5.75 Å². The summed E-state index contributed by atoms with van der Waals surface area (Å²) in [6, 6.07) is 1.95. The van der Waals surface area contributed by atoms with Gasteiger partial charge in [0.05, 0.1) is 12.7 Å². The Morgan fingerprint density at radius 1 is 1.35 bits per heavy atom. The fourth-order valence-electron chi connectivity index (χ4n) is 1.88. The smallest absolute Gasteiger partial charge is 0.122 e. The molecule has 0 radical (unpaired) electrons. The molecule has 0 amide bonds. The molecule has 96 valence electrons. The van der Waals surface area contributed by atoms with Crippen molar-refractivity contribution in [2.75, 3.05) is 7.11 Å². The van der Waals surface area contributed by atoms with Gasteiger partial charge in [-0.05, 0) is 63.3 Å². The second-order valence-electron chi connectivity index (χ2n) is 5.13. The number of aryl methyl sites for hydroxylation is 1. The lowest BCUT2D eigenvalue weighted by molar-refractivity contribution is 0.0712. The quantitative estimate of drug-likeness (QED) is 0.891. The molecule has 0 aliphatic heterocycles. The lowest BCUT2D eigenvalue weighted by Gasteiger charge is -2.20. The second-order valence-corrected chi connectivity index (χ2v) is 5.50. The summed E-state index contributed by atoms with van der Waals surface area (Å²) in [7, 11) is 1.66. The normalized spacial score (nSPS) is 11.7. The first-order valence-electron chi connectivity index (χ1n) is 5.81. The molecule has 0 atom stereocenters. The van der Waals surface area contributed by atoms with Crippen LogP contribution in [0.5, 0.6) is 5.75 Å². The molecule has 1 N–H and O–H groups in total. The van der Waals surface area contributed by atoms with Crippen LogP contribution in [0.15, 0.2) is 6.07 Å². The zero-order valence-corrected chi connectivity index (χ0v) is 12.0. The Balaban J connectivity index is 3.09. The van der Waals surface area contributed by atoms with Crippen molar-refractivity contribution in [3.8, 4) is 5.75 Å². The van der Waals surface area contributed by atoms with Crippen molar-refractivity contribution in [2.45, 2.75) is 46.1 Å². The van der Waals surface area contributed by atoms with E-state index in [0.29, 0.717) is 6.42 Å². The molecule has 0 unspecified atom stereocenters. The fourth-order valence-corrected chi connectivity index (χ4v) is 2.05. The molecule has 3 heteroatoms. The maximum atomic E-state index is 9.78. The number of benzene rings is 1. The first-order valence-corrected chi connectivity index (χ1v) is 6.19. The number of rotatable bonds is 4. The van der Waals surface area contributed by atoms with Crippen LogP contribution in [-0.2, 0) is 6.42 Å². The van der Waals surface area contributed by atoms with Gasteiger partial charge in [0.25, 0.3) is 0 Å². The average Bonchev–Trinajstić information content (AvgIpc) is 2.22. The van der Waals surface area contributed by atoms with E-state index in [1.165, 1.54) is 0 Å². The second kappa shape index (κ2) is 5.28. The van der Waals surface area contributed by atoms with Gasteiger partial charge < -0.3 is 9.84 Å². The van der Waals surface area contributed by atoms with E-state index in [9.17, 15) is 5.11 Å². The van der Waals surface area contributed by atoms with Crippen LogP contribution in [0.3, 0.4) is 0 Å². The van der Waals surface area contributed by atoms with E-state index in [2.05, 4.69) is 0 Å². The Hall–Kier alpha value is -0.730. The minimum atomic E-state index is -0.672. The van der Waals surface area contributed by atoms with Crippen LogP contribution in [0.1, 0.15) is 37.0 Å². The first-order chi connectivity index (χ1) is 7.76. The topological polar surface area (TPSA) is 29.5 Å². The molecule has 0 aliphatic carbocycles. The van der Waals surface area contributed by atoms with Crippen molar-refractivity contribution in [1.29, 1.82) is 0 Å². The molecule has 17 heavy (non-hydrogen) atoms. The van der Waals surface area contributed by atoms with Gasteiger partial charge in [-0.3, -0.25) is 0 Å². The predicted molar refractivity (Wildman–Crippen MR) is 72.1 cm³/mol. The molecule has 0 aliphatic rings. The van der Waals surface area contributed by atoms with Crippen LogP contribution in [0.4, 0.5) is 0 Å². The van der Waals surface area contributed by atoms with E-state index in [4.69, 9.17) is 16.3 Å². The number of aliphatic hydroxyl groups is 1. The van der Waals surface area contributed by atoms with E-state index in [-0.39, 0.29) is 0 Å². The van der Waals surface area contributed by atoms with E-state index in [1.54, 1.807) is 7.11 Å². The minimum Gasteiger partial charge on any atom is -0.496 e. The summed E-state index contributed by atoms with van der Waals surface area (Å²) in [4.78, 5) is 0. The van der Waals surface area contributed by atoms with E-state index >= 15 is 0 Å². The highest BCUT2D eigenvalue weighted by molar-refractivity contribution is 6.32. The molecule has 0 fully saturated rings. The van der Waals surface area contributed by atoms with Gasteiger partial charge in [0.2, 0.25) is 0 Å². The van der Waals surface area contributed by atoms with Gasteiger partial charge in [-0.25, -0.2) is 0 Å². The van der Waals surface area contributed by atoms with Crippen molar-refractivity contribution >= 4 is 11.6 Å². The van der Waals surface area contributed by atoms with Gasteiger partial charge in [-0.15, -0.1) is 0 Å². The van der Waals surface area contributed by atoms with Crippen LogP contribution in [0.25, 0.3) is 0 Å². The molecule has 0 bridgehead atoms. The van der Waals surface area contributed by atoms with E-state index in [1.807, 2.05) is 33.8 Å². The summed E-state index contributed by atoms with van der Waals surface area (Å²) in [5.41, 5.74) is 2.49. The molecule has 2 nitrogen and oxygen atoms in total. The third kappa shape index (κ3) is 3.62. The highest BCUT2D eigenvalue weighted by atomic mass is 35.5. The maximum absolute atomic E-state index is 9.78. The van der Waals surface area contributed by atoms with Crippen LogP contribution < -0.4 is 4.74 Å². The van der Waals surface area contributed by atoms with Gasteiger partial charge in [0, 0.05) is 5.02 Å². The van der Waals surface area contributed by atoms with Crippen molar-refractivity contribution < 1.29 is 9.84 Å². The number of ether oxygens (including phenoxy) is 1. The minimum absolute atomic E-state index is 0.672. The molecule has 0 saturated carbocycles. The Kier molecular flexibility index (Phi) is 4.45.